The molecule has 0 bridgehead atoms. The first-order valence-corrected chi connectivity index (χ1v) is 28.9. The summed E-state index contributed by atoms with van der Waals surface area (Å²) in [6.45, 7) is 4.58. The number of allylic oxidation sites excluding steroid dienone is 2. The number of aromatic nitrogens is 1. The summed E-state index contributed by atoms with van der Waals surface area (Å²) in [5.41, 5.74) is 4.99. The molecule has 4 rings (SSSR count). The van der Waals surface area contributed by atoms with Crippen LogP contribution < -0.4 is 26.6 Å². The van der Waals surface area contributed by atoms with Gasteiger partial charge in [-0.15, -0.1) is 0 Å². The van der Waals surface area contributed by atoms with Crippen LogP contribution in [0.1, 0.15) is 108 Å². The fraction of sp³-hybridized carbons (Fsp3) is 0.625. The van der Waals surface area contributed by atoms with Crippen molar-refractivity contribution in [3.8, 4) is 0 Å². The number of halogens is 1. The Hall–Kier alpha value is -5.41. The zero-order valence-electron chi connectivity index (χ0n) is 44.1. The van der Waals surface area contributed by atoms with Crippen molar-refractivity contribution in [3.05, 3.63) is 52.5 Å². The van der Waals surface area contributed by atoms with Crippen LogP contribution in [0.25, 0.3) is 6.08 Å². The highest BCUT2D eigenvalue weighted by molar-refractivity contribution is 7.85. The number of rotatable bonds is 36. The van der Waals surface area contributed by atoms with Crippen LogP contribution in [-0.2, 0) is 70.3 Å². The van der Waals surface area contributed by atoms with E-state index in [-0.39, 0.29) is 83.8 Å². The lowest BCUT2D eigenvalue weighted by molar-refractivity contribution is -0.870. The van der Waals surface area contributed by atoms with E-state index in [9.17, 15) is 60.9 Å². The molecule has 2 atom stereocenters. The monoisotopic (exact) mass is 1110 g/mol. The Morgan fingerprint density at radius 3 is 2.00 bits per heavy atom. The largest absolute Gasteiger partial charge is 0.846 e. The summed E-state index contributed by atoms with van der Waals surface area (Å²) in [6, 6.07) is -1.12. The maximum absolute atomic E-state index is 17.0. The Balaban J connectivity index is 1.23. The normalized spacial score (nSPS) is 15.3. The van der Waals surface area contributed by atoms with E-state index in [0.29, 0.717) is 31.4 Å². The topological polar surface area (TPSA) is 321 Å². The third-order valence-electron chi connectivity index (χ3n) is 12.4. The molecule has 0 saturated heterocycles. The Kier molecular flexibility index (Phi) is 24.9. The molecule has 1 aromatic rings. The highest BCUT2D eigenvalue weighted by atomic mass is 32.2. The third kappa shape index (κ3) is 21.2. The smallest absolute Gasteiger partial charge is 0.378 e. The molecule has 3 aliphatic rings. The van der Waals surface area contributed by atoms with E-state index in [0.717, 1.165) is 69.8 Å². The standard InChI is InChI=1S/C48H74BFN9O15PS/c1-6-13-34-29-36(15-12-26-59(3,4)5)57-40(34)31-41-35(14-7-2)30-37(58(41)49(57)50)18-19-44(62)55-39(33-76(70,71)72)48(66)53-23-11-9-17-43(61)54-38(32-74-75(67,68)69)47(65)52-22-10-8-16-42(60)51-24-27-73-28-25-56-45(63)20-21-46(56)64/h20-21,29-31,38-39H,6-19,22-28,32-33H2,1-5H3,(H6-2,51,52,53,54,55,60,61,62,65,66,67,68,69,70,71,72)/p+2/t38-,39-/m0/s1. The summed E-state index contributed by atoms with van der Waals surface area (Å²) in [6.07, 6.45) is 11.5. The highest BCUT2D eigenvalue weighted by Gasteiger charge is 2.50. The number of phosphoric acid groups is 1. The van der Waals surface area contributed by atoms with Crippen molar-refractivity contribution in [1.29, 1.82) is 0 Å². The van der Waals surface area contributed by atoms with Gasteiger partial charge in [-0.3, -0.25) is 52.0 Å². The number of aryl methyl sites for hydroxylation is 2. The van der Waals surface area contributed by atoms with Gasteiger partial charge in [0, 0.05) is 93.0 Å². The summed E-state index contributed by atoms with van der Waals surface area (Å²) in [4.78, 5) is 107. The lowest BCUT2D eigenvalue weighted by Gasteiger charge is -2.24. The number of nitrogens with zero attached hydrogens (tertiary/aromatic N) is 4. The quantitative estimate of drug-likeness (QED) is 0.0115. The van der Waals surface area contributed by atoms with Crippen LogP contribution in [0.2, 0.25) is 0 Å². The van der Waals surface area contributed by atoms with E-state index in [1.807, 2.05) is 19.1 Å². The van der Waals surface area contributed by atoms with Gasteiger partial charge in [-0.25, -0.2) is 13.4 Å². The number of hydrogen-bond acceptors (Lipinski definition) is 12. The molecular formula is C48H76BFN9O15PS+2. The number of nitrogens with one attached hydrogen (secondary N) is 5. The molecule has 4 heterocycles. The molecule has 0 unspecified atom stereocenters. The molecule has 422 valence electrons. The fourth-order valence-corrected chi connectivity index (χ4v) is 9.71. The summed E-state index contributed by atoms with van der Waals surface area (Å²) < 4.78 is 75.9. The van der Waals surface area contributed by atoms with E-state index >= 15 is 4.32 Å². The zero-order valence-corrected chi connectivity index (χ0v) is 45.9. The molecule has 3 aliphatic heterocycles. The molecular weight excluding hydrogens is 1040 g/mol. The predicted molar refractivity (Wildman–Crippen MR) is 279 cm³/mol. The number of quaternary nitrogens is 1. The lowest BCUT2D eigenvalue weighted by Crippen LogP contribution is -2.50. The molecule has 0 aromatic carbocycles. The molecule has 24 nitrogen and oxygen atoms in total. The molecule has 8 N–H and O–H groups in total. The van der Waals surface area contributed by atoms with Crippen molar-refractivity contribution < 1.29 is 83.4 Å². The molecule has 0 fully saturated rings. The SMILES string of the molecule is CCCC1=CC(CCC(=O)N[C@@H](CS(=O)(=O)O)C(=O)NCCCCC(=O)N[C@@H](COP(=O)(O)O)C(=O)NCCCCC(=O)NCCOCCN2C(=O)C=CC2=O)=[N+]2B(F)n3c(CCC[N+](C)(C)C)cc(CCC)c3C=C12. The summed E-state index contributed by atoms with van der Waals surface area (Å²) >= 11 is 0. The first-order chi connectivity index (χ1) is 35.8. The first-order valence-electron chi connectivity index (χ1n) is 25.7. The summed E-state index contributed by atoms with van der Waals surface area (Å²) in [5, 5.41) is 12.4. The van der Waals surface area contributed by atoms with Crippen LogP contribution in [0.5, 0.6) is 0 Å². The molecule has 0 aliphatic carbocycles. The molecule has 0 spiro atoms. The van der Waals surface area contributed by atoms with Crippen LogP contribution in [0, 0.1) is 0 Å². The average molecular weight is 1110 g/mol. The second-order valence-electron chi connectivity index (χ2n) is 19.8. The Morgan fingerprint density at radius 1 is 0.789 bits per heavy atom. The third-order valence-corrected chi connectivity index (χ3v) is 13.6. The van der Waals surface area contributed by atoms with Gasteiger partial charge in [-0.1, -0.05) is 26.7 Å². The maximum Gasteiger partial charge on any atom is 0.846 e. The van der Waals surface area contributed by atoms with Crippen LogP contribution in [0.3, 0.4) is 0 Å². The summed E-state index contributed by atoms with van der Waals surface area (Å²) in [5.74, 6) is -5.44. The molecule has 76 heavy (non-hydrogen) atoms. The number of phosphoric ester groups is 1. The number of hydrogen-bond donors (Lipinski definition) is 8. The van der Waals surface area contributed by atoms with Crippen LogP contribution >= 0.6 is 7.82 Å². The van der Waals surface area contributed by atoms with E-state index in [1.54, 1.807) is 8.96 Å². The molecule has 28 heteroatoms. The highest BCUT2D eigenvalue weighted by Crippen LogP contribution is 2.36. The Morgan fingerprint density at radius 2 is 1.39 bits per heavy atom. The molecule has 0 saturated carbocycles. The lowest BCUT2D eigenvalue weighted by atomic mass is 9.93. The molecule has 7 amide bonds. The number of amides is 7. The van der Waals surface area contributed by atoms with Crippen LogP contribution in [0.4, 0.5) is 4.32 Å². The van der Waals surface area contributed by atoms with Crippen molar-refractivity contribution in [3.63, 3.8) is 0 Å². The van der Waals surface area contributed by atoms with Crippen molar-refractivity contribution in [2.75, 3.05) is 79.4 Å². The Labute approximate surface area is 444 Å². The number of imide groups is 1. The Bertz CT molecular complexity index is 2540. The van der Waals surface area contributed by atoms with Gasteiger partial charge in [0.2, 0.25) is 29.5 Å². The van der Waals surface area contributed by atoms with Gasteiger partial charge in [0.05, 0.1) is 54.1 Å². The molecule has 0 radical (unpaired) electrons. The second kappa shape index (κ2) is 29.9. The van der Waals surface area contributed by atoms with Gasteiger partial charge in [0.25, 0.3) is 21.9 Å². The van der Waals surface area contributed by atoms with Crippen LogP contribution in [0.15, 0.2) is 35.6 Å². The van der Waals surface area contributed by atoms with E-state index in [1.165, 1.54) is 12.2 Å². The van der Waals surface area contributed by atoms with Gasteiger partial charge in [-0.05, 0) is 56.6 Å². The fourth-order valence-electron chi connectivity index (χ4n) is 8.71. The number of fused-ring (bicyclic) bond motifs is 2. The number of carbonyl (C=O) groups is 7. The molecule has 1 aromatic heterocycles. The van der Waals surface area contributed by atoms with Gasteiger partial charge in [0.15, 0.2) is 11.4 Å². The maximum atomic E-state index is 17.0. The first kappa shape index (κ1) is 63.1. The zero-order chi connectivity index (χ0) is 56.2. The average Bonchev–Trinajstić information content (AvgIpc) is 3.97. The number of carbonyl (C=O) groups excluding carboxylic acids is 7. The van der Waals surface area contributed by atoms with Gasteiger partial charge >= 0.3 is 15.1 Å². The van der Waals surface area contributed by atoms with E-state index in [2.05, 4.69) is 65.2 Å². The van der Waals surface area contributed by atoms with Crippen molar-refractivity contribution in [2.45, 2.75) is 116 Å². The second-order valence-corrected chi connectivity index (χ2v) is 22.5. The van der Waals surface area contributed by atoms with Gasteiger partial charge in [0.1, 0.15) is 17.8 Å². The number of ether oxygens (including phenoxy) is 1. The summed E-state index contributed by atoms with van der Waals surface area (Å²) in [7, 11) is -5.07. The van der Waals surface area contributed by atoms with E-state index < -0.39 is 85.1 Å². The number of unbranched alkanes of at least 4 members (excludes halogenated alkanes) is 2. The van der Waals surface area contributed by atoms with Gasteiger partial charge < -0.3 is 45.6 Å². The van der Waals surface area contributed by atoms with Crippen molar-refractivity contribution in [2.24, 2.45) is 0 Å². The van der Waals surface area contributed by atoms with Crippen molar-refractivity contribution in [1.82, 2.24) is 36.0 Å². The van der Waals surface area contributed by atoms with Gasteiger partial charge in [-0.2, -0.15) is 8.42 Å². The minimum absolute atomic E-state index is 0.0421. The minimum Gasteiger partial charge on any atom is -0.378 e. The minimum atomic E-state index is -5.05. The van der Waals surface area contributed by atoms with Crippen molar-refractivity contribution >= 4 is 78.3 Å². The van der Waals surface area contributed by atoms with E-state index in [4.69, 9.17) is 4.74 Å². The predicted octanol–water partition coefficient (Wildman–Crippen LogP) is 0.808. The van der Waals surface area contributed by atoms with Crippen LogP contribution in [-0.4, -0.2) is 187 Å².